The second-order valence-corrected chi connectivity index (χ2v) is 2.66. The van der Waals surface area contributed by atoms with Crippen molar-refractivity contribution in [3.8, 4) is 0 Å². The maximum atomic E-state index is 11.0. The van der Waals surface area contributed by atoms with Crippen molar-refractivity contribution in [3.63, 3.8) is 0 Å². The molecule has 0 aliphatic rings. The molecule has 0 aliphatic carbocycles. The van der Waals surface area contributed by atoms with Crippen molar-refractivity contribution < 1.29 is 32.9 Å². The minimum Gasteiger partial charge on any atom is -0.413 e. The maximum absolute atomic E-state index is 11.0. The molecule has 0 atom stereocenters. The Morgan fingerprint density at radius 3 is 2.50 bits per heavy atom. The monoisotopic (exact) mass is 237 g/mol. The van der Waals surface area contributed by atoms with Crippen LogP contribution in [0.25, 0.3) is 0 Å². The second kappa shape index (κ2) is 10.8. The van der Waals surface area contributed by atoms with Gasteiger partial charge in [-0.05, 0) is 6.92 Å². The molecule has 1 radical (unpaired) electrons. The van der Waals surface area contributed by atoms with Crippen LogP contribution >= 0.6 is 0 Å². The molecular formula is C9H16NO3V-. The Morgan fingerprint density at radius 2 is 2.00 bits per heavy atom. The molecule has 0 spiro atoms. The van der Waals surface area contributed by atoms with Gasteiger partial charge in [-0.2, -0.15) is 0 Å². The number of nitrogens with one attached hydrogen (secondary N) is 1. The molecule has 0 unspecified atom stereocenters. The quantitative estimate of drug-likeness (QED) is 0.512. The summed E-state index contributed by atoms with van der Waals surface area (Å²) in [4.78, 5) is 21.5. The van der Waals surface area contributed by atoms with Crippen molar-refractivity contribution in [2.45, 2.75) is 19.8 Å². The van der Waals surface area contributed by atoms with E-state index in [4.69, 9.17) is 4.74 Å². The fourth-order valence-electron chi connectivity index (χ4n) is 0.733. The fraction of sp³-hybridized carbons (Fsp3) is 0.667. The molecule has 0 aromatic carbocycles. The summed E-state index contributed by atoms with van der Waals surface area (Å²) < 4.78 is 4.89. The van der Waals surface area contributed by atoms with E-state index in [1.807, 2.05) is 0 Å². The zero-order valence-corrected chi connectivity index (χ0v) is 9.81. The standard InChI is InChI=1S/C9H16NO3.V/c1-3-13-7-5-9(12)10-6-4-8(2)11;/h1,3-7H2,2H3,(H,10,12);/q-1;. The summed E-state index contributed by atoms with van der Waals surface area (Å²) in [5.74, 6) is -0.0102. The van der Waals surface area contributed by atoms with Crippen molar-refractivity contribution in [3.05, 3.63) is 6.92 Å². The molecule has 81 valence electrons. The molecule has 5 heteroatoms. The average molecular weight is 237 g/mol. The predicted molar refractivity (Wildman–Crippen MR) is 49.1 cm³/mol. The van der Waals surface area contributed by atoms with Crippen LogP contribution in [0.2, 0.25) is 0 Å². The Kier molecular flexibility index (Phi) is 12.4. The minimum absolute atomic E-state index is 0. The fourth-order valence-corrected chi connectivity index (χ4v) is 0.733. The number of hydrogen-bond donors (Lipinski definition) is 1. The van der Waals surface area contributed by atoms with Crippen LogP contribution in [0.3, 0.4) is 0 Å². The van der Waals surface area contributed by atoms with Crippen molar-refractivity contribution in [2.24, 2.45) is 0 Å². The Labute approximate surface area is 96.7 Å². The minimum atomic E-state index is -0.0882. The number of hydrogen-bond acceptors (Lipinski definition) is 3. The second-order valence-electron chi connectivity index (χ2n) is 2.66. The normalized spacial score (nSPS) is 9.00. The Bertz CT molecular complexity index is 173. The van der Waals surface area contributed by atoms with E-state index in [2.05, 4.69) is 12.2 Å². The summed E-state index contributed by atoms with van der Waals surface area (Å²) >= 11 is 0. The van der Waals surface area contributed by atoms with Gasteiger partial charge in [0.1, 0.15) is 5.78 Å². The van der Waals surface area contributed by atoms with Gasteiger partial charge in [0.05, 0.1) is 6.61 Å². The topological polar surface area (TPSA) is 55.4 Å². The van der Waals surface area contributed by atoms with E-state index in [0.717, 1.165) is 0 Å². The first-order chi connectivity index (χ1) is 6.16. The van der Waals surface area contributed by atoms with Gasteiger partial charge in [-0.25, -0.2) is 0 Å². The van der Waals surface area contributed by atoms with E-state index < -0.39 is 0 Å². The van der Waals surface area contributed by atoms with Crippen molar-refractivity contribution >= 4 is 11.7 Å². The first-order valence-corrected chi connectivity index (χ1v) is 4.30. The Hall–Kier alpha value is -0.316. The SMILES string of the molecule is [CH2-]COCCC(=O)NCCC(C)=O.[V]. The van der Waals surface area contributed by atoms with E-state index in [-0.39, 0.29) is 30.2 Å². The van der Waals surface area contributed by atoms with Crippen molar-refractivity contribution in [2.75, 3.05) is 19.8 Å². The van der Waals surface area contributed by atoms with Crippen LogP contribution in [-0.4, -0.2) is 31.4 Å². The van der Waals surface area contributed by atoms with E-state index >= 15 is 0 Å². The summed E-state index contributed by atoms with van der Waals surface area (Å²) in [6.07, 6.45) is 0.718. The van der Waals surface area contributed by atoms with Crippen LogP contribution < -0.4 is 5.32 Å². The van der Waals surface area contributed by atoms with Crippen LogP contribution in [0, 0.1) is 6.92 Å². The molecule has 0 bridgehead atoms. The third-order valence-corrected chi connectivity index (χ3v) is 1.42. The van der Waals surface area contributed by atoms with Crippen LogP contribution in [0.4, 0.5) is 0 Å². The smallest absolute Gasteiger partial charge is 0.222 e. The van der Waals surface area contributed by atoms with Gasteiger partial charge in [0.15, 0.2) is 0 Å². The summed E-state index contributed by atoms with van der Waals surface area (Å²) in [6, 6.07) is 0. The third kappa shape index (κ3) is 11.7. The summed E-state index contributed by atoms with van der Waals surface area (Å²) in [5, 5.41) is 2.61. The number of carbonyl (C=O) groups excluding carboxylic acids is 2. The summed E-state index contributed by atoms with van der Waals surface area (Å²) in [5.41, 5.74) is 0. The molecule has 0 saturated heterocycles. The van der Waals surface area contributed by atoms with Crippen LogP contribution in [0.15, 0.2) is 0 Å². The van der Waals surface area contributed by atoms with Gasteiger partial charge < -0.3 is 17.0 Å². The molecule has 0 heterocycles. The van der Waals surface area contributed by atoms with E-state index in [1.165, 1.54) is 6.92 Å². The molecule has 1 N–H and O–H groups in total. The summed E-state index contributed by atoms with van der Waals surface area (Å²) in [6.45, 7) is 6.14. The van der Waals surface area contributed by atoms with Crippen LogP contribution in [0.5, 0.6) is 0 Å². The molecular weight excluding hydrogens is 221 g/mol. The molecule has 1 amide bonds. The number of ketones is 1. The number of amides is 1. The van der Waals surface area contributed by atoms with Gasteiger partial charge in [-0.1, -0.05) is 6.61 Å². The number of ether oxygens (including phenoxy) is 1. The largest absolute Gasteiger partial charge is 0.413 e. The molecule has 0 fully saturated rings. The van der Waals surface area contributed by atoms with Crippen molar-refractivity contribution in [1.29, 1.82) is 0 Å². The number of Topliss-reactive ketones (excluding diaryl/α,β-unsaturated/α-hetero) is 1. The van der Waals surface area contributed by atoms with Gasteiger partial charge in [0.2, 0.25) is 5.91 Å². The average Bonchev–Trinajstić information content (AvgIpc) is 2.04. The first-order valence-electron chi connectivity index (χ1n) is 4.30. The van der Waals surface area contributed by atoms with E-state index in [9.17, 15) is 9.59 Å². The maximum Gasteiger partial charge on any atom is 0.222 e. The van der Waals surface area contributed by atoms with Gasteiger partial charge in [-0.15, -0.1) is 0 Å². The van der Waals surface area contributed by atoms with E-state index in [1.54, 1.807) is 0 Å². The molecule has 0 aromatic heterocycles. The molecule has 0 aliphatic heterocycles. The Balaban J connectivity index is 0. The zero-order valence-electron chi connectivity index (χ0n) is 8.41. The first kappa shape index (κ1) is 16.1. The molecule has 14 heavy (non-hydrogen) atoms. The molecule has 0 aromatic rings. The summed E-state index contributed by atoms with van der Waals surface area (Å²) in [7, 11) is 0. The Morgan fingerprint density at radius 1 is 1.36 bits per heavy atom. The van der Waals surface area contributed by atoms with Gasteiger partial charge in [-0.3, -0.25) is 9.59 Å². The number of carbonyl (C=O) groups is 2. The van der Waals surface area contributed by atoms with Gasteiger partial charge in [0.25, 0.3) is 0 Å². The molecule has 0 saturated carbocycles. The van der Waals surface area contributed by atoms with Gasteiger partial charge in [0, 0.05) is 37.9 Å². The molecule has 0 rings (SSSR count). The third-order valence-electron chi connectivity index (χ3n) is 1.42. The van der Waals surface area contributed by atoms with Crippen molar-refractivity contribution in [1.82, 2.24) is 5.32 Å². The van der Waals surface area contributed by atoms with Crippen LogP contribution in [-0.2, 0) is 32.9 Å². The molecule has 4 nitrogen and oxygen atoms in total. The number of rotatable bonds is 7. The predicted octanol–water partition coefficient (Wildman–Crippen LogP) is 0.320. The van der Waals surface area contributed by atoms with Gasteiger partial charge >= 0.3 is 0 Å². The van der Waals surface area contributed by atoms with Crippen LogP contribution in [0.1, 0.15) is 19.8 Å². The zero-order chi connectivity index (χ0) is 10.1. The van der Waals surface area contributed by atoms with E-state index in [0.29, 0.717) is 32.6 Å².